The number of benzene rings is 2. The second-order valence-corrected chi connectivity index (χ2v) is 5.49. The van der Waals surface area contributed by atoms with Crippen LogP contribution < -0.4 is 0 Å². The molecule has 0 aliphatic carbocycles. The highest BCUT2D eigenvalue weighted by Crippen LogP contribution is 2.18. The van der Waals surface area contributed by atoms with E-state index >= 15 is 0 Å². The molecule has 0 bridgehead atoms. The van der Waals surface area contributed by atoms with Crippen LogP contribution in [-0.4, -0.2) is 11.2 Å². The summed E-state index contributed by atoms with van der Waals surface area (Å²) in [6.07, 6.45) is 1.70. The fraction of sp³-hybridized carbons (Fsp3) is 0.250. The Labute approximate surface area is 121 Å². The monoisotopic (exact) mass is 322 g/mol. The molecule has 0 aliphatic heterocycles. The Hall–Kier alpha value is -1.19. The Kier molecular flexibility index (Phi) is 5.11. The van der Waals surface area contributed by atoms with E-state index in [1.807, 2.05) is 18.2 Å². The number of hydrogen-bond acceptors (Lipinski definition) is 1. The molecule has 0 fully saturated rings. The summed E-state index contributed by atoms with van der Waals surface area (Å²) >= 11 is 3.16. The van der Waals surface area contributed by atoms with Gasteiger partial charge in [-0.1, -0.05) is 36.4 Å². The minimum atomic E-state index is -0.405. The van der Waals surface area contributed by atoms with E-state index in [9.17, 15) is 9.50 Å². The first-order chi connectivity index (χ1) is 9.15. The molecule has 1 atom stereocenters. The standard InChI is InChI=1S/C16H16BrFO/c17-15-11-13(7-9-16(15)18)10-14(19)8-6-12-4-2-1-3-5-12/h1-5,7,9,11,14,19H,6,8,10H2. The van der Waals surface area contributed by atoms with Gasteiger partial charge in [-0.2, -0.15) is 0 Å². The van der Waals surface area contributed by atoms with Gasteiger partial charge >= 0.3 is 0 Å². The lowest BCUT2D eigenvalue weighted by Gasteiger charge is -2.11. The zero-order valence-corrected chi connectivity index (χ0v) is 12.1. The zero-order chi connectivity index (χ0) is 13.7. The molecular weight excluding hydrogens is 307 g/mol. The number of hydrogen-bond donors (Lipinski definition) is 1. The van der Waals surface area contributed by atoms with Gasteiger partial charge in [0.05, 0.1) is 10.6 Å². The van der Waals surface area contributed by atoms with E-state index in [1.165, 1.54) is 11.6 Å². The summed E-state index contributed by atoms with van der Waals surface area (Å²) in [5, 5.41) is 10.0. The van der Waals surface area contributed by atoms with Crippen molar-refractivity contribution in [3.8, 4) is 0 Å². The van der Waals surface area contributed by atoms with Crippen LogP contribution in [0.5, 0.6) is 0 Å². The summed E-state index contributed by atoms with van der Waals surface area (Å²) in [5.41, 5.74) is 2.16. The Morgan fingerprint density at radius 1 is 1.05 bits per heavy atom. The molecular formula is C16H16BrFO. The minimum absolute atomic E-state index is 0.275. The van der Waals surface area contributed by atoms with Crippen molar-refractivity contribution in [3.05, 3.63) is 69.9 Å². The van der Waals surface area contributed by atoms with Crippen molar-refractivity contribution >= 4 is 15.9 Å². The fourth-order valence-electron chi connectivity index (χ4n) is 2.02. The molecule has 19 heavy (non-hydrogen) atoms. The lowest BCUT2D eigenvalue weighted by Crippen LogP contribution is -2.11. The predicted octanol–water partition coefficient (Wildman–Crippen LogP) is 4.12. The molecule has 0 saturated carbocycles. The van der Waals surface area contributed by atoms with Crippen LogP contribution in [0, 0.1) is 5.82 Å². The first kappa shape index (κ1) is 14.2. The van der Waals surface area contributed by atoms with Gasteiger partial charge in [0.15, 0.2) is 0 Å². The molecule has 3 heteroatoms. The summed E-state index contributed by atoms with van der Waals surface area (Å²) in [4.78, 5) is 0. The van der Waals surface area contributed by atoms with Gasteiger partial charge in [0.1, 0.15) is 5.82 Å². The molecule has 2 aromatic carbocycles. The van der Waals surface area contributed by atoms with Crippen LogP contribution in [-0.2, 0) is 12.8 Å². The van der Waals surface area contributed by atoms with Crippen molar-refractivity contribution in [3.63, 3.8) is 0 Å². The van der Waals surface area contributed by atoms with Gasteiger partial charge in [-0.3, -0.25) is 0 Å². The van der Waals surface area contributed by atoms with E-state index in [0.29, 0.717) is 17.3 Å². The Morgan fingerprint density at radius 3 is 2.47 bits per heavy atom. The van der Waals surface area contributed by atoms with Gasteiger partial charge in [-0.05, 0) is 58.5 Å². The second kappa shape index (κ2) is 6.83. The van der Waals surface area contributed by atoms with Gasteiger partial charge < -0.3 is 5.11 Å². The van der Waals surface area contributed by atoms with Crippen molar-refractivity contribution in [1.29, 1.82) is 0 Å². The third-order valence-electron chi connectivity index (χ3n) is 3.06. The van der Waals surface area contributed by atoms with Crippen LogP contribution in [0.4, 0.5) is 4.39 Å². The molecule has 0 saturated heterocycles. The van der Waals surface area contributed by atoms with Crippen LogP contribution in [0.2, 0.25) is 0 Å². The smallest absolute Gasteiger partial charge is 0.137 e. The Morgan fingerprint density at radius 2 is 1.79 bits per heavy atom. The van der Waals surface area contributed by atoms with Gasteiger partial charge in [0.25, 0.3) is 0 Å². The average Bonchev–Trinajstić information content (AvgIpc) is 2.42. The second-order valence-electron chi connectivity index (χ2n) is 4.63. The fourth-order valence-corrected chi connectivity index (χ4v) is 2.44. The summed E-state index contributed by atoms with van der Waals surface area (Å²) in [7, 11) is 0. The first-order valence-electron chi connectivity index (χ1n) is 6.31. The minimum Gasteiger partial charge on any atom is -0.393 e. The number of rotatable bonds is 5. The van der Waals surface area contributed by atoms with Crippen LogP contribution in [0.3, 0.4) is 0 Å². The van der Waals surface area contributed by atoms with E-state index in [4.69, 9.17) is 0 Å². The van der Waals surface area contributed by atoms with Gasteiger partial charge in [-0.15, -0.1) is 0 Å². The molecule has 0 spiro atoms. The maximum Gasteiger partial charge on any atom is 0.137 e. The third-order valence-corrected chi connectivity index (χ3v) is 3.67. The highest BCUT2D eigenvalue weighted by Gasteiger charge is 2.08. The largest absolute Gasteiger partial charge is 0.393 e. The van der Waals surface area contributed by atoms with Crippen molar-refractivity contribution in [2.24, 2.45) is 0 Å². The average molecular weight is 323 g/mol. The molecule has 100 valence electrons. The van der Waals surface area contributed by atoms with Gasteiger partial charge in [0, 0.05) is 0 Å². The summed E-state index contributed by atoms with van der Waals surface area (Å²) < 4.78 is 13.5. The van der Waals surface area contributed by atoms with Crippen LogP contribution >= 0.6 is 15.9 Å². The quantitative estimate of drug-likeness (QED) is 0.877. The number of aliphatic hydroxyl groups excluding tert-OH is 1. The zero-order valence-electron chi connectivity index (χ0n) is 10.5. The van der Waals surface area contributed by atoms with E-state index in [2.05, 4.69) is 28.1 Å². The summed E-state index contributed by atoms with van der Waals surface area (Å²) in [5.74, 6) is -0.275. The molecule has 0 aromatic heterocycles. The highest BCUT2D eigenvalue weighted by atomic mass is 79.9. The van der Waals surface area contributed by atoms with E-state index in [1.54, 1.807) is 12.1 Å². The molecule has 0 heterocycles. The lowest BCUT2D eigenvalue weighted by atomic mass is 10.0. The normalized spacial score (nSPS) is 12.4. The maximum absolute atomic E-state index is 13.1. The van der Waals surface area contributed by atoms with Gasteiger partial charge in [0.2, 0.25) is 0 Å². The number of aliphatic hydroxyl groups is 1. The van der Waals surface area contributed by atoms with E-state index in [0.717, 1.165) is 12.0 Å². The van der Waals surface area contributed by atoms with Crippen molar-refractivity contribution < 1.29 is 9.50 Å². The molecule has 1 N–H and O–H groups in total. The number of halogens is 2. The predicted molar refractivity (Wildman–Crippen MR) is 78.6 cm³/mol. The van der Waals surface area contributed by atoms with Crippen molar-refractivity contribution in [1.82, 2.24) is 0 Å². The van der Waals surface area contributed by atoms with E-state index < -0.39 is 6.10 Å². The maximum atomic E-state index is 13.1. The first-order valence-corrected chi connectivity index (χ1v) is 7.10. The highest BCUT2D eigenvalue weighted by molar-refractivity contribution is 9.10. The molecule has 0 radical (unpaired) electrons. The van der Waals surface area contributed by atoms with Gasteiger partial charge in [-0.25, -0.2) is 4.39 Å². The molecule has 1 nitrogen and oxygen atoms in total. The topological polar surface area (TPSA) is 20.2 Å². The molecule has 0 aliphatic rings. The SMILES string of the molecule is OC(CCc1ccccc1)Cc1ccc(F)c(Br)c1. The number of aryl methyl sites for hydroxylation is 1. The third kappa shape index (κ3) is 4.44. The summed E-state index contributed by atoms with van der Waals surface area (Å²) in [6.45, 7) is 0. The molecule has 2 aromatic rings. The summed E-state index contributed by atoms with van der Waals surface area (Å²) in [6, 6.07) is 15.0. The van der Waals surface area contributed by atoms with E-state index in [-0.39, 0.29) is 5.82 Å². The van der Waals surface area contributed by atoms with Crippen molar-refractivity contribution in [2.45, 2.75) is 25.4 Å². The lowest BCUT2D eigenvalue weighted by molar-refractivity contribution is 0.165. The van der Waals surface area contributed by atoms with Crippen molar-refractivity contribution in [2.75, 3.05) is 0 Å². The Balaban J connectivity index is 1.87. The molecule has 2 rings (SSSR count). The van der Waals surface area contributed by atoms with Crippen LogP contribution in [0.1, 0.15) is 17.5 Å². The molecule has 1 unspecified atom stereocenters. The van der Waals surface area contributed by atoms with Crippen LogP contribution in [0.25, 0.3) is 0 Å². The Bertz CT molecular complexity index is 528. The van der Waals surface area contributed by atoms with Crippen LogP contribution in [0.15, 0.2) is 53.0 Å². The molecule has 0 amide bonds.